The van der Waals surface area contributed by atoms with Gasteiger partial charge in [-0.3, -0.25) is 0 Å². The van der Waals surface area contributed by atoms with Crippen LogP contribution in [-0.4, -0.2) is 11.5 Å². The fourth-order valence-corrected chi connectivity index (χ4v) is 1.86. The van der Waals surface area contributed by atoms with Crippen LogP contribution in [0.1, 0.15) is 25.0 Å². The number of nitrogens with one attached hydrogen (secondary N) is 1. The van der Waals surface area contributed by atoms with E-state index in [0.717, 1.165) is 24.4 Å². The molecule has 0 amide bonds. The summed E-state index contributed by atoms with van der Waals surface area (Å²) in [5.74, 6) is 2.14. The van der Waals surface area contributed by atoms with E-state index in [9.17, 15) is 0 Å². The van der Waals surface area contributed by atoms with E-state index in [2.05, 4.69) is 24.1 Å². The molecular weight excluding hydrogens is 248 g/mol. The van der Waals surface area contributed by atoms with E-state index in [1.807, 2.05) is 49.5 Å². The van der Waals surface area contributed by atoms with Gasteiger partial charge in [0.1, 0.15) is 5.75 Å². The van der Waals surface area contributed by atoms with Gasteiger partial charge < -0.3 is 10.1 Å². The third-order valence-electron chi connectivity index (χ3n) is 2.99. The van der Waals surface area contributed by atoms with Crippen LogP contribution in [-0.2, 0) is 6.54 Å². The van der Waals surface area contributed by atoms with Crippen molar-refractivity contribution in [2.45, 2.75) is 27.3 Å². The quantitative estimate of drug-likeness (QED) is 0.863. The van der Waals surface area contributed by atoms with E-state index in [4.69, 9.17) is 4.74 Å². The standard InChI is InChI=1S/C17H22N2O/c1-13(2)10-18-11-15-8-9-17(19-12-15)20-16-7-5-4-6-14(16)3/h4-9,12-13,18H,10-11H2,1-3H3. The molecule has 0 aliphatic carbocycles. The molecule has 1 aromatic carbocycles. The summed E-state index contributed by atoms with van der Waals surface area (Å²) in [6.45, 7) is 8.28. The van der Waals surface area contributed by atoms with Crippen LogP contribution >= 0.6 is 0 Å². The van der Waals surface area contributed by atoms with Gasteiger partial charge in [-0.15, -0.1) is 0 Å². The van der Waals surface area contributed by atoms with Crippen LogP contribution < -0.4 is 10.1 Å². The molecule has 0 unspecified atom stereocenters. The summed E-state index contributed by atoms with van der Waals surface area (Å²) in [7, 11) is 0. The summed E-state index contributed by atoms with van der Waals surface area (Å²) < 4.78 is 5.78. The fraction of sp³-hybridized carbons (Fsp3) is 0.353. The lowest BCUT2D eigenvalue weighted by atomic mass is 10.2. The second-order valence-electron chi connectivity index (χ2n) is 5.40. The molecule has 1 aromatic heterocycles. The SMILES string of the molecule is Cc1ccccc1Oc1ccc(CNCC(C)C)cn1. The fourth-order valence-electron chi connectivity index (χ4n) is 1.86. The lowest BCUT2D eigenvalue weighted by Crippen LogP contribution is -2.18. The highest BCUT2D eigenvalue weighted by Gasteiger charge is 2.02. The maximum Gasteiger partial charge on any atom is 0.219 e. The van der Waals surface area contributed by atoms with E-state index >= 15 is 0 Å². The monoisotopic (exact) mass is 270 g/mol. The van der Waals surface area contributed by atoms with E-state index in [-0.39, 0.29) is 0 Å². The van der Waals surface area contributed by atoms with E-state index in [1.54, 1.807) is 0 Å². The molecule has 0 fully saturated rings. The summed E-state index contributed by atoms with van der Waals surface area (Å²) in [4.78, 5) is 4.35. The molecular formula is C17H22N2O. The second-order valence-corrected chi connectivity index (χ2v) is 5.40. The number of rotatable bonds is 6. The number of aromatic nitrogens is 1. The molecule has 0 spiro atoms. The van der Waals surface area contributed by atoms with Crippen molar-refractivity contribution in [2.24, 2.45) is 5.92 Å². The van der Waals surface area contributed by atoms with Crippen molar-refractivity contribution in [1.29, 1.82) is 0 Å². The van der Waals surface area contributed by atoms with Crippen LogP contribution in [0.15, 0.2) is 42.6 Å². The lowest BCUT2D eigenvalue weighted by molar-refractivity contribution is 0.458. The molecule has 0 aliphatic heterocycles. The maximum atomic E-state index is 5.78. The molecule has 0 atom stereocenters. The largest absolute Gasteiger partial charge is 0.439 e. The number of aryl methyl sites for hydroxylation is 1. The molecule has 0 aliphatic rings. The van der Waals surface area contributed by atoms with Crippen LogP contribution in [0.2, 0.25) is 0 Å². The third kappa shape index (κ3) is 4.35. The predicted molar refractivity (Wildman–Crippen MR) is 82.0 cm³/mol. The van der Waals surface area contributed by atoms with Gasteiger partial charge >= 0.3 is 0 Å². The van der Waals surface area contributed by atoms with Crippen molar-refractivity contribution >= 4 is 0 Å². The molecule has 0 bridgehead atoms. The molecule has 20 heavy (non-hydrogen) atoms. The van der Waals surface area contributed by atoms with Crippen LogP contribution in [0.5, 0.6) is 11.6 Å². The summed E-state index contributed by atoms with van der Waals surface area (Å²) in [5.41, 5.74) is 2.28. The summed E-state index contributed by atoms with van der Waals surface area (Å²) in [6.07, 6.45) is 1.86. The van der Waals surface area contributed by atoms with Gasteiger partial charge in [0.25, 0.3) is 0 Å². The van der Waals surface area contributed by atoms with Crippen LogP contribution in [0.4, 0.5) is 0 Å². The first-order chi connectivity index (χ1) is 9.65. The Kier molecular flexibility index (Phi) is 5.13. The molecule has 3 nitrogen and oxygen atoms in total. The summed E-state index contributed by atoms with van der Waals surface area (Å²) >= 11 is 0. The first kappa shape index (κ1) is 14.5. The average Bonchev–Trinajstić information content (AvgIpc) is 2.43. The van der Waals surface area contributed by atoms with Gasteiger partial charge in [0.2, 0.25) is 5.88 Å². The highest BCUT2D eigenvalue weighted by Crippen LogP contribution is 2.22. The minimum Gasteiger partial charge on any atom is -0.439 e. The first-order valence-electron chi connectivity index (χ1n) is 7.04. The van der Waals surface area contributed by atoms with E-state index < -0.39 is 0 Å². The minimum atomic E-state index is 0.631. The van der Waals surface area contributed by atoms with E-state index in [1.165, 1.54) is 5.56 Å². The molecule has 0 radical (unpaired) electrons. The first-order valence-corrected chi connectivity index (χ1v) is 7.04. The second kappa shape index (κ2) is 7.06. The van der Waals surface area contributed by atoms with Gasteiger partial charge in [0.15, 0.2) is 0 Å². The van der Waals surface area contributed by atoms with E-state index in [0.29, 0.717) is 11.8 Å². The predicted octanol–water partition coefficient (Wildman–Crippen LogP) is 3.93. The maximum absolute atomic E-state index is 5.78. The third-order valence-corrected chi connectivity index (χ3v) is 2.99. The van der Waals surface area contributed by atoms with Crippen LogP contribution in [0.25, 0.3) is 0 Å². The zero-order chi connectivity index (χ0) is 14.4. The van der Waals surface area contributed by atoms with Crippen molar-refractivity contribution < 1.29 is 4.74 Å². The molecule has 1 N–H and O–H groups in total. The minimum absolute atomic E-state index is 0.631. The van der Waals surface area contributed by atoms with Crippen molar-refractivity contribution in [2.75, 3.05) is 6.54 Å². The Morgan fingerprint density at radius 1 is 1.15 bits per heavy atom. The van der Waals surface area contributed by atoms with Crippen LogP contribution in [0.3, 0.4) is 0 Å². The summed E-state index contributed by atoms with van der Waals surface area (Å²) in [6, 6.07) is 11.9. The summed E-state index contributed by atoms with van der Waals surface area (Å²) in [5, 5.41) is 3.40. The Morgan fingerprint density at radius 2 is 1.95 bits per heavy atom. The average molecular weight is 270 g/mol. The molecule has 1 heterocycles. The van der Waals surface area contributed by atoms with Crippen molar-refractivity contribution in [1.82, 2.24) is 10.3 Å². The van der Waals surface area contributed by atoms with Crippen LogP contribution in [0, 0.1) is 12.8 Å². The number of para-hydroxylation sites is 1. The Morgan fingerprint density at radius 3 is 2.60 bits per heavy atom. The highest BCUT2D eigenvalue weighted by atomic mass is 16.5. The number of benzene rings is 1. The topological polar surface area (TPSA) is 34.1 Å². The highest BCUT2D eigenvalue weighted by molar-refractivity contribution is 5.35. The molecule has 106 valence electrons. The van der Waals surface area contributed by atoms with Crippen molar-refractivity contribution in [3.8, 4) is 11.6 Å². The Balaban J connectivity index is 1.93. The van der Waals surface area contributed by atoms with Gasteiger partial charge in [0, 0.05) is 18.8 Å². The normalized spacial score (nSPS) is 10.8. The number of pyridine rings is 1. The zero-order valence-corrected chi connectivity index (χ0v) is 12.4. The molecule has 2 rings (SSSR count). The van der Waals surface area contributed by atoms with Crippen molar-refractivity contribution in [3.63, 3.8) is 0 Å². The van der Waals surface area contributed by atoms with Crippen molar-refractivity contribution in [3.05, 3.63) is 53.7 Å². The number of nitrogens with zero attached hydrogens (tertiary/aromatic N) is 1. The zero-order valence-electron chi connectivity index (χ0n) is 12.4. The molecule has 2 aromatic rings. The number of ether oxygens (including phenoxy) is 1. The smallest absolute Gasteiger partial charge is 0.219 e. The number of hydrogen-bond donors (Lipinski definition) is 1. The van der Waals surface area contributed by atoms with Gasteiger partial charge in [-0.1, -0.05) is 38.1 Å². The van der Waals surface area contributed by atoms with Gasteiger partial charge in [-0.05, 0) is 36.6 Å². The Hall–Kier alpha value is -1.87. The van der Waals surface area contributed by atoms with Gasteiger partial charge in [0.05, 0.1) is 0 Å². The molecule has 0 saturated carbocycles. The van der Waals surface area contributed by atoms with Gasteiger partial charge in [-0.25, -0.2) is 4.98 Å². The number of hydrogen-bond acceptors (Lipinski definition) is 3. The van der Waals surface area contributed by atoms with Gasteiger partial charge in [-0.2, -0.15) is 0 Å². The molecule has 0 saturated heterocycles. The molecule has 3 heteroatoms. The lowest BCUT2D eigenvalue weighted by Gasteiger charge is -2.09. The Bertz CT molecular complexity index is 535. The Labute approximate surface area is 121 Å².